The van der Waals surface area contributed by atoms with Gasteiger partial charge in [-0.3, -0.25) is 19.2 Å². The van der Waals surface area contributed by atoms with Gasteiger partial charge in [0.1, 0.15) is 18.1 Å². The molecule has 0 aromatic carbocycles. The summed E-state index contributed by atoms with van der Waals surface area (Å²) in [7, 11) is 0. The summed E-state index contributed by atoms with van der Waals surface area (Å²) in [5.74, 6) is -3.11. The van der Waals surface area contributed by atoms with Crippen molar-refractivity contribution in [2.75, 3.05) is 18.8 Å². The van der Waals surface area contributed by atoms with Crippen molar-refractivity contribution >= 4 is 42.2 Å². The number of carbonyl (C=O) groups is 5. The average Bonchev–Trinajstić information content (AvgIpc) is 3.38. The molecule has 4 amide bonds. The van der Waals surface area contributed by atoms with E-state index in [-0.39, 0.29) is 24.5 Å². The molecule has 2 fully saturated rings. The summed E-state index contributed by atoms with van der Waals surface area (Å²) in [6.45, 7) is 0.671. The Kier molecular flexibility index (Phi) is 8.47. The highest BCUT2D eigenvalue weighted by atomic mass is 32.1. The molecule has 0 aromatic rings. The summed E-state index contributed by atoms with van der Waals surface area (Å²) in [5.41, 5.74) is 10.8. The van der Waals surface area contributed by atoms with Crippen LogP contribution in [0.5, 0.6) is 0 Å². The van der Waals surface area contributed by atoms with Gasteiger partial charge < -0.3 is 31.7 Å². The number of primary amides is 1. The summed E-state index contributed by atoms with van der Waals surface area (Å²) in [5, 5.41) is 11.9. The lowest BCUT2D eigenvalue weighted by atomic mass is 10.1. The molecule has 0 bridgehead atoms. The van der Waals surface area contributed by atoms with Crippen LogP contribution in [0.2, 0.25) is 0 Å². The lowest BCUT2D eigenvalue weighted by molar-refractivity contribution is -0.152. The maximum absolute atomic E-state index is 13.0. The lowest BCUT2D eigenvalue weighted by Gasteiger charge is -2.32. The van der Waals surface area contributed by atoms with Gasteiger partial charge in [-0.25, -0.2) is 4.79 Å². The van der Waals surface area contributed by atoms with Crippen LogP contribution >= 0.6 is 12.6 Å². The maximum atomic E-state index is 13.0. The van der Waals surface area contributed by atoms with Crippen LogP contribution in [0.4, 0.5) is 0 Å². The fourth-order valence-corrected chi connectivity index (χ4v) is 4.11. The van der Waals surface area contributed by atoms with Crippen molar-refractivity contribution in [2.24, 2.45) is 11.5 Å². The number of amides is 4. The third kappa shape index (κ3) is 5.63. The van der Waals surface area contributed by atoms with Crippen LogP contribution in [0.3, 0.4) is 0 Å². The fourth-order valence-electron chi connectivity index (χ4n) is 3.86. The molecule has 2 heterocycles. The Balaban J connectivity index is 2.03. The largest absolute Gasteiger partial charge is 0.480 e. The third-order valence-electron chi connectivity index (χ3n) is 5.48. The molecule has 0 spiro atoms. The number of aliphatic carboxylic acids is 1. The highest BCUT2D eigenvalue weighted by Gasteiger charge is 2.43. The molecule has 6 N–H and O–H groups in total. The Hall–Kier alpha value is -2.34. The van der Waals surface area contributed by atoms with Gasteiger partial charge >= 0.3 is 5.97 Å². The van der Waals surface area contributed by atoms with Crippen LogP contribution in [0.1, 0.15) is 38.5 Å². The highest BCUT2D eigenvalue weighted by molar-refractivity contribution is 7.80. The van der Waals surface area contributed by atoms with Crippen LogP contribution in [-0.4, -0.2) is 87.5 Å². The number of nitrogens with two attached hydrogens (primary N) is 2. The number of nitrogens with one attached hydrogen (secondary N) is 1. The second-order valence-corrected chi connectivity index (χ2v) is 7.94. The SMILES string of the molecule is NC(=O)CCC(N)C(=O)NC(CS)C(=O)N1CCCC1C(=O)N1CCCC1C(=O)O. The van der Waals surface area contributed by atoms with E-state index < -0.39 is 47.9 Å². The van der Waals surface area contributed by atoms with Crippen LogP contribution < -0.4 is 16.8 Å². The molecule has 168 valence electrons. The summed E-state index contributed by atoms with van der Waals surface area (Å²) < 4.78 is 0. The Labute approximate surface area is 179 Å². The number of nitrogens with zero attached hydrogens (tertiary/aromatic N) is 2. The van der Waals surface area contributed by atoms with E-state index >= 15 is 0 Å². The molecule has 0 radical (unpaired) electrons. The molecule has 0 aliphatic carbocycles. The number of carbonyl (C=O) groups excluding carboxylic acids is 4. The van der Waals surface area contributed by atoms with Gasteiger partial charge in [-0.1, -0.05) is 0 Å². The molecule has 12 heteroatoms. The zero-order valence-electron chi connectivity index (χ0n) is 16.7. The van der Waals surface area contributed by atoms with E-state index in [2.05, 4.69) is 17.9 Å². The van der Waals surface area contributed by atoms with Crippen LogP contribution in [0.25, 0.3) is 0 Å². The first-order valence-corrected chi connectivity index (χ1v) is 10.6. The van der Waals surface area contributed by atoms with Gasteiger partial charge in [-0.15, -0.1) is 0 Å². The Morgan fingerprint density at radius 1 is 1.07 bits per heavy atom. The topological polar surface area (TPSA) is 176 Å². The smallest absolute Gasteiger partial charge is 0.326 e. The van der Waals surface area contributed by atoms with E-state index in [1.54, 1.807) is 0 Å². The first kappa shape index (κ1) is 23.9. The summed E-state index contributed by atoms with van der Waals surface area (Å²) in [6.07, 6.45) is 2.00. The van der Waals surface area contributed by atoms with Crippen LogP contribution in [0, 0.1) is 0 Å². The van der Waals surface area contributed by atoms with Crippen molar-refractivity contribution in [3.8, 4) is 0 Å². The molecule has 4 unspecified atom stereocenters. The number of rotatable bonds is 9. The molecule has 2 aliphatic rings. The second-order valence-electron chi connectivity index (χ2n) is 7.57. The van der Waals surface area contributed by atoms with Gasteiger partial charge in [0.2, 0.25) is 23.6 Å². The monoisotopic (exact) mass is 443 g/mol. The first-order valence-electron chi connectivity index (χ1n) is 9.96. The van der Waals surface area contributed by atoms with Gasteiger partial charge in [0.05, 0.1) is 6.04 Å². The number of hydrogen-bond donors (Lipinski definition) is 5. The van der Waals surface area contributed by atoms with Crippen LogP contribution in [0.15, 0.2) is 0 Å². The summed E-state index contributed by atoms with van der Waals surface area (Å²) in [6, 6.07) is -3.65. The van der Waals surface area contributed by atoms with Gasteiger partial charge in [0, 0.05) is 25.3 Å². The Morgan fingerprint density at radius 2 is 1.67 bits per heavy atom. The first-order chi connectivity index (χ1) is 14.2. The minimum atomic E-state index is -1.05. The van der Waals surface area contributed by atoms with E-state index in [4.69, 9.17) is 11.5 Å². The zero-order valence-corrected chi connectivity index (χ0v) is 17.6. The van der Waals surface area contributed by atoms with Crippen LogP contribution in [-0.2, 0) is 24.0 Å². The van der Waals surface area contributed by atoms with E-state index in [0.29, 0.717) is 38.8 Å². The van der Waals surface area contributed by atoms with Gasteiger partial charge in [-0.05, 0) is 32.1 Å². The molecule has 4 atom stereocenters. The molecule has 0 aromatic heterocycles. The number of likely N-dealkylation sites (tertiary alicyclic amines) is 2. The number of carboxylic acid groups (broad SMARTS) is 1. The van der Waals surface area contributed by atoms with Crippen molar-refractivity contribution < 1.29 is 29.1 Å². The number of carboxylic acids is 1. The third-order valence-corrected chi connectivity index (χ3v) is 5.84. The standard InChI is InChI=1S/C18H29N5O6S/c19-10(5-6-14(20)24)15(25)21-11(9-30)16(26)22-7-1-3-12(22)17(27)23-8-2-4-13(23)18(28)29/h10-13,30H,1-9,19H2,(H2,20,24)(H,21,25)(H,28,29). The van der Waals surface area contributed by atoms with Crippen molar-refractivity contribution in [3.05, 3.63) is 0 Å². The van der Waals surface area contributed by atoms with E-state index in [0.717, 1.165) is 0 Å². The van der Waals surface area contributed by atoms with Crippen molar-refractivity contribution in [1.29, 1.82) is 0 Å². The van der Waals surface area contributed by atoms with Crippen molar-refractivity contribution in [3.63, 3.8) is 0 Å². The molecule has 2 rings (SSSR count). The highest BCUT2D eigenvalue weighted by Crippen LogP contribution is 2.25. The minimum Gasteiger partial charge on any atom is -0.480 e. The lowest BCUT2D eigenvalue weighted by Crippen LogP contribution is -2.57. The number of hydrogen-bond acceptors (Lipinski definition) is 7. The second kappa shape index (κ2) is 10.6. The molecule has 11 nitrogen and oxygen atoms in total. The average molecular weight is 444 g/mol. The van der Waals surface area contributed by atoms with Gasteiger partial charge in [0.25, 0.3) is 0 Å². The van der Waals surface area contributed by atoms with Crippen molar-refractivity contribution in [1.82, 2.24) is 15.1 Å². The Bertz CT molecular complexity index is 705. The molecular formula is C18H29N5O6S. The molecular weight excluding hydrogens is 414 g/mol. The van der Waals surface area contributed by atoms with E-state index in [1.807, 2.05) is 0 Å². The minimum absolute atomic E-state index is 0.00795. The fraction of sp³-hybridized carbons (Fsp3) is 0.722. The normalized spacial score (nSPS) is 23.1. The van der Waals surface area contributed by atoms with E-state index in [1.165, 1.54) is 9.80 Å². The molecule has 2 saturated heterocycles. The maximum Gasteiger partial charge on any atom is 0.326 e. The molecule has 30 heavy (non-hydrogen) atoms. The summed E-state index contributed by atoms with van der Waals surface area (Å²) in [4.78, 5) is 63.2. The predicted molar refractivity (Wildman–Crippen MR) is 109 cm³/mol. The Morgan fingerprint density at radius 3 is 2.23 bits per heavy atom. The molecule has 2 aliphatic heterocycles. The van der Waals surface area contributed by atoms with Gasteiger partial charge in [-0.2, -0.15) is 12.6 Å². The number of thiol groups is 1. The predicted octanol–water partition coefficient (Wildman–Crippen LogP) is -1.94. The van der Waals surface area contributed by atoms with Crippen molar-refractivity contribution in [2.45, 2.75) is 62.7 Å². The zero-order chi connectivity index (χ0) is 22.4. The van der Waals surface area contributed by atoms with Gasteiger partial charge in [0.15, 0.2) is 0 Å². The summed E-state index contributed by atoms with van der Waals surface area (Å²) >= 11 is 4.14. The molecule has 0 saturated carbocycles. The van der Waals surface area contributed by atoms with E-state index in [9.17, 15) is 29.1 Å². The quantitative estimate of drug-likeness (QED) is 0.257.